The maximum atomic E-state index is 12.1. The molecule has 0 aliphatic rings. The van der Waals surface area contributed by atoms with Crippen LogP contribution in [0.1, 0.15) is 175 Å². The Balaban J connectivity index is 3.52. The Morgan fingerprint density at radius 3 is 1.57 bits per heavy atom. The van der Waals surface area contributed by atoms with Gasteiger partial charge in [0.1, 0.15) is 11.9 Å². The molecule has 0 fully saturated rings. The van der Waals surface area contributed by atoms with Crippen molar-refractivity contribution in [1.29, 1.82) is 0 Å². The summed E-state index contributed by atoms with van der Waals surface area (Å²) in [6.07, 6.45) is 33.0. The number of Topliss-reactive ketones (excluding diaryl/α,β-unsaturated/α-hetero) is 1. The van der Waals surface area contributed by atoms with E-state index < -0.39 is 0 Å². The first-order valence-electron chi connectivity index (χ1n) is 15.4. The van der Waals surface area contributed by atoms with Crippen LogP contribution in [0.4, 0.5) is 0 Å². The topological polar surface area (TPSA) is 43.4 Å². The molecule has 0 aromatic rings. The second-order valence-corrected chi connectivity index (χ2v) is 10.6. The Bertz CT molecular complexity index is 497. The predicted octanol–water partition coefficient (Wildman–Crippen LogP) is 10.4. The highest BCUT2D eigenvalue weighted by Gasteiger charge is 2.09. The van der Waals surface area contributed by atoms with E-state index in [1.807, 2.05) is 0 Å². The van der Waals surface area contributed by atoms with Crippen LogP contribution in [-0.2, 0) is 14.3 Å². The quantitative estimate of drug-likeness (QED) is 0.0650. The summed E-state index contributed by atoms with van der Waals surface area (Å²) in [4.78, 5) is 23.4. The van der Waals surface area contributed by atoms with Gasteiger partial charge in [-0.25, -0.2) is 0 Å². The van der Waals surface area contributed by atoms with E-state index in [0.717, 1.165) is 51.4 Å². The van der Waals surface area contributed by atoms with Gasteiger partial charge in [0.2, 0.25) is 0 Å². The summed E-state index contributed by atoms with van der Waals surface area (Å²) in [7, 11) is 0. The molecule has 0 spiro atoms. The Kier molecular flexibility index (Phi) is 26.6. The molecule has 3 heteroatoms. The number of esters is 1. The lowest BCUT2D eigenvalue weighted by Gasteiger charge is -2.15. The minimum absolute atomic E-state index is 0.0402. The summed E-state index contributed by atoms with van der Waals surface area (Å²) in [5.74, 6) is 0.311. The van der Waals surface area contributed by atoms with Crippen molar-refractivity contribution in [3.05, 3.63) is 12.2 Å². The van der Waals surface area contributed by atoms with Crippen molar-refractivity contribution in [2.45, 2.75) is 181 Å². The van der Waals surface area contributed by atoms with Crippen molar-refractivity contribution in [2.75, 3.05) is 0 Å². The fourth-order valence-electron chi connectivity index (χ4n) is 4.67. The number of carbonyl (C=O) groups is 2. The van der Waals surface area contributed by atoms with E-state index in [0.29, 0.717) is 5.78 Å². The van der Waals surface area contributed by atoms with Gasteiger partial charge >= 0.3 is 5.97 Å². The van der Waals surface area contributed by atoms with Gasteiger partial charge in [0.25, 0.3) is 0 Å². The van der Waals surface area contributed by atoms with E-state index in [-0.39, 0.29) is 12.1 Å². The zero-order valence-electron chi connectivity index (χ0n) is 23.9. The third-order valence-electron chi connectivity index (χ3n) is 6.91. The number of unbranched alkanes of at least 4 members (excludes halogenated alkanes) is 17. The van der Waals surface area contributed by atoms with E-state index in [4.69, 9.17) is 4.74 Å². The molecule has 0 radical (unpaired) electrons. The summed E-state index contributed by atoms with van der Waals surface area (Å²) in [6, 6.07) is 0. The van der Waals surface area contributed by atoms with E-state index in [2.05, 4.69) is 26.0 Å². The number of carbonyl (C=O) groups excluding carboxylic acids is 2. The van der Waals surface area contributed by atoms with E-state index in [9.17, 15) is 9.59 Å². The highest BCUT2D eigenvalue weighted by atomic mass is 16.5. The summed E-state index contributed by atoms with van der Waals surface area (Å²) in [6.45, 7) is 5.99. The van der Waals surface area contributed by atoms with Gasteiger partial charge in [-0.3, -0.25) is 9.59 Å². The average Bonchev–Trinajstić information content (AvgIpc) is 2.83. The SMILES string of the molecule is CCCCCCCCCCCCC(=O)CCCCCCC/C=C\CC(CCCCCC)OC(C)=O. The van der Waals surface area contributed by atoms with Crippen LogP contribution in [0.5, 0.6) is 0 Å². The summed E-state index contributed by atoms with van der Waals surface area (Å²) in [5.41, 5.74) is 0. The summed E-state index contributed by atoms with van der Waals surface area (Å²) in [5, 5.41) is 0. The number of hydrogen-bond donors (Lipinski definition) is 0. The molecule has 0 N–H and O–H groups in total. The molecule has 0 bridgehead atoms. The molecule has 35 heavy (non-hydrogen) atoms. The van der Waals surface area contributed by atoms with Crippen molar-refractivity contribution in [3.63, 3.8) is 0 Å². The Hall–Kier alpha value is -1.12. The first kappa shape index (κ1) is 33.9. The highest BCUT2D eigenvalue weighted by Crippen LogP contribution is 2.15. The molecule has 0 heterocycles. The minimum Gasteiger partial charge on any atom is -0.462 e. The largest absolute Gasteiger partial charge is 0.462 e. The van der Waals surface area contributed by atoms with Gasteiger partial charge in [0.15, 0.2) is 0 Å². The Labute approximate surface area is 219 Å². The number of allylic oxidation sites excluding steroid dienone is 1. The number of rotatable bonds is 27. The summed E-state index contributed by atoms with van der Waals surface area (Å²) >= 11 is 0. The van der Waals surface area contributed by atoms with Crippen molar-refractivity contribution < 1.29 is 14.3 Å². The van der Waals surface area contributed by atoms with Crippen molar-refractivity contribution in [1.82, 2.24) is 0 Å². The van der Waals surface area contributed by atoms with Gasteiger partial charge in [-0.1, -0.05) is 122 Å². The van der Waals surface area contributed by atoms with Crippen LogP contribution in [0.3, 0.4) is 0 Å². The minimum atomic E-state index is -0.166. The second-order valence-electron chi connectivity index (χ2n) is 10.6. The van der Waals surface area contributed by atoms with Crippen LogP contribution in [0.15, 0.2) is 12.2 Å². The smallest absolute Gasteiger partial charge is 0.302 e. The molecule has 3 nitrogen and oxygen atoms in total. The first-order valence-corrected chi connectivity index (χ1v) is 15.4. The van der Waals surface area contributed by atoms with Crippen molar-refractivity contribution >= 4 is 11.8 Å². The van der Waals surface area contributed by atoms with Crippen LogP contribution in [-0.4, -0.2) is 17.9 Å². The van der Waals surface area contributed by atoms with Gasteiger partial charge in [0.05, 0.1) is 0 Å². The van der Waals surface area contributed by atoms with E-state index in [1.54, 1.807) is 0 Å². The molecule has 0 aromatic heterocycles. The maximum Gasteiger partial charge on any atom is 0.302 e. The summed E-state index contributed by atoms with van der Waals surface area (Å²) < 4.78 is 5.47. The maximum absolute atomic E-state index is 12.1. The van der Waals surface area contributed by atoms with Crippen LogP contribution in [0.2, 0.25) is 0 Å². The fraction of sp³-hybridized carbons (Fsp3) is 0.875. The second kappa shape index (κ2) is 27.5. The fourth-order valence-corrected chi connectivity index (χ4v) is 4.67. The van der Waals surface area contributed by atoms with Gasteiger partial charge in [0, 0.05) is 26.2 Å². The molecule has 0 aliphatic carbocycles. The average molecular weight is 493 g/mol. The standard InChI is InChI=1S/C32H60O3/c1-4-6-8-10-11-12-13-16-19-22-26-31(34)27-23-20-17-14-15-18-21-25-29-32(35-30(3)33)28-24-9-7-5-2/h21,25,32H,4-20,22-24,26-29H2,1-3H3/b25-21-. The lowest BCUT2D eigenvalue weighted by Crippen LogP contribution is -2.15. The zero-order valence-corrected chi connectivity index (χ0v) is 23.9. The molecule has 206 valence electrons. The first-order chi connectivity index (χ1) is 17.1. The molecule has 0 rings (SSSR count). The Morgan fingerprint density at radius 2 is 1.06 bits per heavy atom. The molecule has 0 aromatic carbocycles. The van der Waals surface area contributed by atoms with Gasteiger partial charge in [-0.15, -0.1) is 0 Å². The predicted molar refractivity (Wildman–Crippen MR) is 152 cm³/mol. The molecule has 1 atom stereocenters. The number of hydrogen-bond acceptors (Lipinski definition) is 3. The number of ether oxygens (including phenoxy) is 1. The molecule has 1 unspecified atom stereocenters. The van der Waals surface area contributed by atoms with Crippen LogP contribution >= 0.6 is 0 Å². The molecule has 0 saturated carbocycles. The zero-order chi connectivity index (χ0) is 25.8. The van der Waals surface area contributed by atoms with Crippen molar-refractivity contribution in [2.24, 2.45) is 0 Å². The highest BCUT2D eigenvalue weighted by molar-refractivity contribution is 5.78. The molecule has 0 aliphatic heterocycles. The van der Waals surface area contributed by atoms with Gasteiger partial charge < -0.3 is 4.74 Å². The van der Waals surface area contributed by atoms with E-state index >= 15 is 0 Å². The van der Waals surface area contributed by atoms with Crippen LogP contribution in [0.25, 0.3) is 0 Å². The lowest BCUT2D eigenvalue weighted by atomic mass is 10.0. The van der Waals surface area contributed by atoms with Crippen LogP contribution in [0, 0.1) is 0 Å². The molecule has 0 saturated heterocycles. The lowest BCUT2D eigenvalue weighted by molar-refractivity contribution is -0.146. The Morgan fingerprint density at radius 1 is 0.600 bits per heavy atom. The molecular formula is C32H60O3. The monoisotopic (exact) mass is 492 g/mol. The number of ketones is 1. The van der Waals surface area contributed by atoms with Crippen LogP contribution < -0.4 is 0 Å². The van der Waals surface area contributed by atoms with E-state index in [1.165, 1.54) is 110 Å². The van der Waals surface area contributed by atoms with Crippen molar-refractivity contribution in [3.8, 4) is 0 Å². The molecule has 0 amide bonds. The van der Waals surface area contributed by atoms with Gasteiger partial charge in [-0.2, -0.15) is 0 Å². The normalized spacial score (nSPS) is 12.3. The van der Waals surface area contributed by atoms with Gasteiger partial charge in [-0.05, 0) is 38.5 Å². The molecular weight excluding hydrogens is 432 g/mol. The third-order valence-corrected chi connectivity index (χ3v) is 6.91. The third kappa shape index (κ3) is 27.3.